The third kappa shape index (κ3) is 2.39. The van der Waals surface area contributed by atoms with Crippen molar-refractivity contribution in [3.05, 3.63) is 29.1 Å². The number of benzene rings is 1. The van der Waals surface area contributed by atoms with E-state index in [-0.39, 0.29) is 25.2 Å². The van der Waals surface area contributed by atoms with E-state index in [0.29, 0.717) is 12.2 Å². The lowest BCUT2D eigenvalue weighted by molar-refractivity contribution is -0.0867. The Hall–Kier alpha value is -1.55. The van der Waals surface area contributed by atoms with Crippen LogP contribution in [0.5, 0.6) is 0 Å². The van der Waals surface area contributed by atoms with Crippen LogP contribution in [0.15, 0.2) is 17.0 Å². The minimum atomic E-state index is -4.27. The van der Waals surface area contributed by atoms with Crippen LogP contribution >= 0.6 is 0 Å². The maximum atomic E-state index is 14.3. The Kier molecular flexibility index (Phi) is 3.68. The predicted molar refractivity (Wildman–Crippen MR) is 71.2 cm³/mol. The third-order valence-electron chi connectivity index (χ3n) is 3.74. The number of nitrogens with zero attached hydrogens (tertiary/aromatic N) is 1. The number of rotatable bonds is 3. The molecule has 2 aliphatic heterocycles. The summed E-state index contributed by atoms with van der Waals surface area (Å²) >= 11 is 0. The van der Waals surface area contributed by atoms with Gasteiger partial charge in [-0.25, -0.2) is 17.6 Å². The summed E-state index contributed by atoms with van der Waals surface area (Å²) in [7, 11) is -4.27. The topological polar surface area (TPSA) is 93.1 Å². The van der Waals surface area contributed by atoms with Gasteiger partial charge in [-0.2, -0.15) is 0 Å². The fraction of sp³-hybridized carbons (Fsp3) is 0.462. The summed E-state index contributed by atoms with van der Waals surface area (Å²) in [4.78, 5) is 15.7. The first kappa shape index (κ1) is 15.3. The number of aryl methyl sites for hydroxylation is 1. The van der Waals surface area contributed by atoms with Crippen LogP contribution in [0.4, 0.5) is 4.39 Å². The monoisotopic (exact) mass is 331 g/mol. The molecule has 3 rings (SSSR count). The molecule has 2 atom stereocenters. The molecule has 0 unspecified atom stereocenters. The smallest absolute Gasteiger partial charge is 0.338 e. The van der Waals surface area contributed by atoms with Crippen molar-refractivity contribution in [2.24, 2.45) is 5.92 Å². The van der Waals surface area contributed by atoms with Crippen LogP contribution in [0.25, 0.3) is 0 Å². The van der Waals surface area contributed by atoms with Crippen molar-refractivity contribution < 1.29 is 32.3 Å². The Labute approximate surface area is 126 Å². The lowest BCUT2D eigenvalue weighted by Gasteiger charge is -2.17. The van der Waals surface area contributed by atoms with E-state index in [1.165, 1.54) is 6.92 Å². The zero-order valence-electron chi connectivity index (χ0n) is 11.7. The molecular weight excluding hydrogens is 317 g/mol. The largest absolute Gasteiger partial charge is 0.478 e. The number of carboxylic acids is 1. The lowest BCUT2D eigenvalue weighted by atomic mass is 10.1. The van der Waals surface area contributed by atoms with Gasteiger partial charge in [0.15, 0.2) is 5.82 Å². The van der Waals surface area contributed by atoms with Crippen LogP contribution in [0, 0.1) is 18.7 Å². The van der Waals surface area contributed by atoms with Gasteiger partial charge in [-0.15, -0.1) is 0 Å². The summed E-state index contributed by atoms with van der Waals surface area (Å²) in [5.74, 6) is -2.90. The second-order valence-electron chi connectivity index (χ2n) is 5.36. The van der Waals surface area contributed by atoms with Crippen molar-refractivity contribution >= 4 is 16.0 Å². The minimum absolute atomic E-state index is 0.0583. The zero-order valence-corrected chi connectivity index (χ0v) is 12.5. The maximum absolute atomic E-state index is 14.3. The Morgan fingerprint density at radius 2 is 2.14 bits per heavy atom. The van der Waals surface area contributed by atoms with Gasteiger partial charge in [-0.05, 0) is 24.6 Å². The van der Waals surface area contributed by atoms with Crippen molar-refractivity contribution in [1.82, 2.24) is 4.47 Å². The molecule has 1 aromatic carbocycles. The molecule has 2 aliphatic rings. The predicted octanol–water partition coefficient (Wildman–Crippen LogP) is 0.783. The van der Waals surface area contributed by atoms with E-state index in [1.54, 1.807) is 0 Å². The molecule has 9 heteroatoms. The van der Waals surface area contributed by atoms with Gasteiger partial charge >= 0.3 is 5.97 Å². The first-order valence-corrected chi connectivity index (χ1v) is 8.05. The number of hydroxylamine groups is 1. The average molecular weight is 331 g/mol. The highest BCUT2D eigenvalue weighted by Gasteiger charge is 2.45. The molecule has 22 heavy (non-hydrogen) atoms. The van der Waals surface area contributed by atoms with Crippen molar-refractivity contribution in [1.29, 1.82) is 0 Å². The minimum Gasteiger partial charge on any atom is -0.478 e. The Morgan fingerprint density at radius 3 is 2.77 bits per heavy atom. The molecule has 2 fully saturated rings. The van der Waals surface area contributed by atoms with Crippen LogP contribution in [0.1, 0.15) is 15.9 Å². The number of fused-ring (bicyclic) bond motifs is 1. The van der Waals surface area contributed by atoms with Crippen LogP contribution in [0.2, 0.25) is 0 Å². The van der Waals surface area contributed by atoms with E-state index < -0.39 is 32.3 Å². The van der Waals surface area contributed by atoms with Gasteiger partial charge in [-0.1, -0.05) is 4.47 Å². The SMILES string of the molecule is Cc1cc(C(=O)O)c(F)c(S(=O)(=O)N2C[C@@H]3COC[C@@H]3O2)c1. The molecule has 0 spiro atoms. The maximum Gasteiger partial charge on any atom is 0.338 e. The molecule has 0 aliphatic carbocycles. The highest BCUT2D eigenvalue weighted by molar-refractivity contribution is 7.89. The number of hydrogen-bond acceptors (Lipinski definition) is 5. The molecule has 7 nitrogen and oxygen atoms in total. The van der Waals surface area contributed by atoms with E-state index in [2.05, 4.69) is 0 Å². The molecule has 0 radical (unpaired) electrons. The van der Waals surface area contributed by atoms with Gasteiger partial charge in [0.1, 0.15) is 11.0 Å². The summed E-state index contributed by atoms with van der Waals surface area (Å²) in [5, 5.41) is 8.98. The van der Waals surface area contributed by atoms with Gasteiger partial charge in [0.25, 0.3) is 10.0 Å². The Morgan fingerprint density at radius 1 is 1.41 bits per heavy atom. The van der Waals surface area contributed by atoms with Gasteiger partial charge in [0, 0.05) is 12.5 Å². The summed E-state index contributed by atoms with van der Waals surface area (Å²) in [6.07, 6.45) is -0.374. The number of halogens is 1. The molecule has 1 aromatic rings. The molecule has 1 N–H and O–H groups in total. The summed E-state index contributed by atoms with van der Waals surface area (Å²) in [5.41, 5.74) is -0.346. The Bertz CT molecular complexity index is 722. The van der Waals surface area contributed by atoms with Crippen LogP contribution in [0.3, 0.4) is 0 Å². The van der Waals surface area contributed by atoms with Crippen LogP contribution < -0.4 is 0 Å². The molecular formula is C13H14FNO6S. The zero-order chi connectivity index (χ0) is 16.1. The lowest BCUT2D eigenvalue weighted by Crippen LogP contribution is -2.30. The van der Waals surface area contributed by atoms with E-state index in [9.17, 15) is 17.6 Å². The van der Waals surface area contributed by atoms with Crippen molar-refractivity contribution in [2.75, 3.05) is 19.8 Å². The molecule has 2 saturated heterocycles. The molecule has 0 aromatic heterocycles. The van der Waals surface area contributed by atoms with Crippen molar-refractivity contribution in [3.8, 4) is 0 Å². The summed E-state index contributed by atoms with van der Waals surface area (Å²) in [6, 6.07) is 2.19. The van der Waals surface area contributed by atoms with Gasteiger partial charge in [0.2, 0.25) is 0 Å². The highest BCUT2D eigenvalue weighted by Crippen LogP contribution is 2.32. The van der Waals surface area contributed by atoms with Crippen molar-refractivity contribution in [3.63, 3.8) is 0 Å². The summed E-state index contributed by atoms with van der Waals surface area (Å²) < 4.78 is 45.3. The van der Waals surface area contributed by atoms with E-state index in [1.807, 2.05) is 0 Å². The standard InChI is InChI=1S/C13H14FNO6S/c1-7-2-9(13(16)17)12(14)11(3-7)22(18,19)15-4-8-5-20-6-10(8)21-15/h2-3,8,10H,4-6H2,1H3,(H,16,17)/t8-,10+/m1/s1. The second kappa shape index (κ2) is 5.27. The third-order valence-corrected chi connectivity index (χ3v) is 5.36. The first-order chi connectivity index (χ1) is 10.3. The van der Waals surface area contributed by atoms with Gasteiger partial charge in [-0.3, -0.25) is 4.84 Å². The number of sulfonamides is 1. The van der Waals surface area contributed by atoms with Gasteiger partial charge in [0.05, 0.1) is 18.8 Å². The normalized spacial score (nSPS) is 25.4. The van der Waals surface area contributed by atoms with Crippen LogP contribution in [-0.2, 0) is 19.6 Å². The van der Waals surface area contributed by atoms with E-state index >= 15 is 0 Å². The molecule has 2 heterocycles. The fourth-order valence-corrected chi connectivity index (χ4v) is 4.10. The van der Waals surface area contributed by atoms with E-state index in [4.69, 9.17) is 14.7 Å². The first-order valence-electron chi connectivity index (χ1n) is 6.61. The fourth-order valence-electron chi connectivity index (χ4n) is 2.59. The van der Waals surface area contributed by atoms with Gasteiger partial charge < -0.3 is 9.84 Å². The van der Waals surface area contributed by atoms with Crippen LogP contribution in [-0.4, -0.2) is 49.8 Å². The number of ether oxygens (including phenoxy) is 1. The molecule has 0 bridgehead atoms. The second-order valence-corrected chi connectivity index (χ2v) is 7.16. The quantitative estimate of drug-likeness (QED) is 0.880. The summed E-state index contributed by atoms with van der Waals surface area (Å²) in [6.45, 7) is 2.22. The Balaban J connectivity index is 2.01. The number of aromatic carboxylic acids is 1. The molecule has 0 amide bonds. The average Bonchev–Trinajstić information content (AvgIpc) is 3.01. The molecule has 120 valence electrons. The highest BCUT2D eigenvalue weighted by atomic mass is 32.2. The molecule has 0 saturated carbocycles. The number of hydrogen-bond donors (Lipinski definition) is 1. The van der Waals surface area contributed by atoms with Crippen molar-refractivity contribution in [2.45, 2.75) is 17.9 Å². The number of carbonyl (C=O) groups is 1. The number of carboxylic acid groups (broad SMARTS) is 1. The van der Waals surface area contributed by atoms with E-state index in [0.717, 1.165) is 16.6 Å².